The number of Topliss-reactive ketones (excluding diaryl/α,β-unsaturated/α-hetero) is 1. The molecule has 0 aromatic rings. The summed E-state index contributed by atoms with van der Waals surface area (Å²) in [4.78, 5) is 24.3. The maximum atomic E-state index is 12.4. The predicted octanol–water partition coefficient (Wildman–Crippen LogP) is 3.57. The van der Waals surface area contributed by atoms with Crippen LogP contribution in [0.4, 0.5) is 0 Å². The molecule has 4 rings (SSSR count). The zero-order valence-corrected chi connectivity index (χ0v) is 20.5. The topological polar surface area (TPSA) is 74.6 Å². The number of fused-ring (bicyclic) bond motifs is 5. The molecule has 2 N–H and O–H groups in total. The van der Waals surface area contributed by atoms with E-state index in [9.17, 15) is 9.59 Å². The summed E-state index contributed by atoms with van der Waals surface area (Å²) in [7, 11) is 0. The van der Waals surface area contributed by atoms with Crippen LogP contribution < -0.4 is 0 Å². The van der Waals surface area contributed by atoms with Gasteiger partial charge in [-0.25, -0.2) is 0 Å². The fourth-order valence-corrected chi connectivity index (χ4v) is 7.75. The van der Waals surface area contributed by atoms with E-state index in [4.69, 9.17) is 22.8 Å². The van der Waals surface area contributed by atoms with Gasteiger partial charge in [0.2, 0.25) is 0 Å². The van der Waals surface area contributed by atoms with E-state index in [1.165, 1.54) is 12.0 Å². The number of ketones is 2. The van der Waals surface area contributed by atoms with Gasteiger partial charge in [0.15, 0.2) is 5.78 Å². The Kier molecular flexibility index (Phi) is 8.15. The second-order valence-electron chi connectivity index (χ2n) is 9.78. The molecule has 170 valence electrons. The molecule has 3 saturated carbocycles. The van der Waals surface area contributed by atoms with Crippen LogP contribution >= 0.6 is 37.9 Å². The van der Waals surface area contributed by atoms with Gasteiger partial charge in [0.1, 0.15) is 5.78 Å². The molecule has 3 fully saturated rings. The number of carbonyl (C=O) groups excluding carboxylic acids is 2. The molecule has 0 aromatic heterocycles. The van der Waals surface area contributed by atoms with Gasteiger partial charge in [0, 0.05) is 35.2 Å². The van der Waals surface area contributed by atoms with Crippen LogP contribution in [0.3, 0.4) is 0 Å². The van der Waals surface area contributed by atoms with Crippen LogP contribution in [0.1, 0.15) is 58.3 Å². The van der Waals surface area contributed by atoms with E-state index in [1.54, 1.807) is 0 Å². The molecular formula is C23H36O4S3. The van der Waals surface area contributed by atoms with Gasteiger partial charge in [0.05, 0.1) is 12.2 Å². The highest BCUT2D eigenvalue weighted by Crippen LogP contribution is 2.64. The van der Waals surface area contributed by atoms with E-state index in [2.05, 4.69) is 32.2 Å². The average Bonchev–Trinajstić information content (AvgIpc) is 3.07. The summed E-state index contributed by atoms with van der Waals surface area (Å²) in [5.41, 5.74) is 1.48. The lowest BCUT2D eigenvalue weighted by atomic mass is 9.47. The van der Waals surface area contributed by atoms with Crippen LogP contribution in [0.2, 0.25) is 0 Å². The summed E-state index contributed by atoms with van der Waals surface area (Å²) >= 11 is 12.3. The van der Waals surface area contributed by atoms with Crippen molar-refractivity contribution in [3.8, 4) is 0 Å². The van der Waals surface area contributed by atoms with Gasteiger partial charge in [-0.15, -0.1) is 0 Å². The van der Waals surface area contributed by atoms with Crippen molar-refractivity contribution in [1.82, 2.24) is 0 Å². The van der Waals surface area contributed by atoms with Crippen LogP contribution in [-0.4, -0.2) is 51.2 Å². The monoisotopic (exact) mass is 472 g/mol. The first kappa shape index (κ1) is 24.7. The fraction of sp³-hybridized carbons (Fsp3) is 0.826. The first-order chi connectivity index (χ1) is 14.2. The summed E-state index contributed by atoms with van der Waals surface area (Å²) in [5, 5.41) is 17.5. The van der Waals surface area contributed by atoms with Crippen LogP contribution in [-0.2, 0) is 9.59 Å². The van der Waals surface area contributed by atoms with Crippen molar-refractivity contribution in [1.29, 1.82) is 0 Å². The van der Waals surface area contributed by atoms with Crippen LogP contribution in [0, 0.1) is 28.6 Å². The van der Waals surface area contributed by atoms with E-state index in [0.717, 1.165) is 44.3 Å². The third kappa shape index (κ3) is 4.30. The van der Waals surface area contributed by atoms with E-state index >= 15 is 0 Å². The van der Waals surface area contributed by atoms with Gasteiger partial charge >= 0.3 is 0 Å². The Bertz CT molecular complexity index is 688. The highest BCUT2D eigenvalue weighted by Gasteiger charge is 2.59. The molecule has 5 unspecified atom stereocenters. The molecule has 0 heterocycles. The number of aliphatic hydroxyl groups excluding tert-OH is 2. The second-order valence-corrected chi connectivity index (χ2v) is 10.8. The number of rotatable bonds is 4. The smallest absolute Gasteiger partial charge is 0.155 e. The molecule has 4 aliphatic carbocycles. The Labute approximate surface area is 196 Å². The maximum Gasteiger partial charge on any atom is 0.155 e. The maximum absolute atomic E-state index is 12.4. The summed E-state index contributed by atoms with van der Waals surface area (Å²) in [6.45, 7) is 2.23. The number of allylic oxidation sites excluding steroid dienone is 1. The highest BCUT2D eigenvalue weighted by molar-refractivity contribution is 7.80. The third-order valence-corrected chi connectivity index (χ3v) is 9.81. The molecule has 7 atom stereocenters. The number of hydrogen-bond acceptors (Lipinski definition) is 7. The molecule has 0 aromatic carbocycles. The number of carbonyl (C=O) groups is 2. The molecule has 4 aliphatic rings. The minimum atomic E-state index is -0.740. The van der Waals surface area contributed by atoms with Gasteiger partial charge in [-0.05, 0) is 68.1 Å². The number of aliphatic hydroxyl groups is 2. The van der Waals surface area contributed by atoms with Gasteiger partial charge < -0.3 is 10.2 Å². The minimum absolute atomic E-state index is 0.0509. The SMILES string of the molecule is C[C@]12CCC3C(CCC4=CC(=O)CC[C@@]43CS)C1CCC2=O.OC(CS)C(O)CS. The Morgan fingerprint density at radius 1 is 0.967 bits per heavy atom. The lowest BCUT2D eigenvalue weighted by molar-refractivity contribution is -0.132. The van der Waals surface area contributed by atoms with E-state index in [1.807, 2.05) is 6.08 Å². The molecule has 0 aliphatic heterocycles. The Morgan fingerprint density at radius 3 is 2.23 bits per heavy atom. The quantitative estimate of drug-likeness (QED) is 0.406. The largest absolute Gasteiger partial charge is 0.390 e. The normalized spacial score (nSPS) is 39.7. The van der Waals surface area contributed by atoms with E-state index in [0.29, 0.717) is 35.7 Å². The Morgan fingerprint density at radius 2 is 1.63 bits per heavy atom. The van der Waals surface area contributed by atoms with Crippen LogP contribution in [0.5, 0.6) is 0 Å². The summed E-state index contributed by atoms with van der Waals surface area (Å²) in [6.07, 6.45) is 8.45. The van der Waals surface area contributed by atoms with Gasteiger partial charge in [0.25, 0.3) is 0 Å². The van der Waals surface area contributed by atoms with Gasteiger partial charge in [-0.3, -0.25) is 9.59 Å². The highest BCUT2D eigenvalue weighted by atomic mass is 32.1. The summed E-state index contributed by atoms with van der Waals surface area (Å²) < 4.78 is 0. The summed E-state index contributed by atoms with van der Waals surface area (Å²) in [6, 6.07) is 0. The average molecular weight is 473 g/mol. The lowest BCUT2D eigenvalue weighted by Crippen LogP contribution is -2.52. The molecule has 0 radical (unpaired) electrons. The zero-order chi connectivity index (χ0) is 22.1. The van der Waals surface area contributed by atoms with Crippen molar-refractivity contribution < 1.29 is 19.8 Å². The van der Waals surface area contributed by atoms with E-state index in [-0.39, 0.29) is 22.3 Å². The number of thiol groups is 3. The van der Waals surface area contributed by atoms with Crippen molar-refractivity contribution in [2.24, 2.45) is 28.6 Å². The first-order valence-electron chi connectivity index (χ1n) is 11.2. The third-order valence-electron chi connectivity index (χ3n) is 8.50. The molecular weight excluding hydrogens is 436 g/mol. The first-order valence-corrected chi connectivity index (χ1v) is 13.1. The zero-order valence-electron chi connectivity index (χ0n) is 17.8. The standard InChI is InChI=1S/C19H26O2S.C4H10O2S2/c1-18-8-7-16-14(15(18)4-5-17(18)21)3-2-12-10-13(20)6-9-19(12,16)11-22;5-3(1-7)4(6)2-8/h10,14-16,22H,2-9,11H2,1H3;3-8H,1-2H2/t14?,15?,16?,18-,19+;/m0./s1. The number of hydrogen-bond donors (Lipinski definition) is 5. The second kappa shape index (κ2) is 9.90. The molecule has 0 spiro atoms. The van der Waals surface area contributed by atoms with Gasteiger partial charge in [-0.1, -0.05) is 12.5 Å². The predicted molar refractivity (Wildman–Crippen MR) is 130 cm³/mol. The van der Waals surface area contributed by atoms with Crippen molar-refractivity contribution in [3.05, 3.63) is 11.6 Å². The Balaban J connectivity index is 0.000000275. The molecule has 30 heavy (non-hydrogen) atoms. The molecule has 4 nitrogen and oxygen atoms in total. The van der Waals surface area contributed by atoms with Crippen molar-refractivity contribution >= 4 is 49.5 Å². The fourth-order valence-electron chi connectivity index (χ4n) is 6.67. The van der Waals surface area contributed by atoms with Crippen molar-refractivity contribution in [2.45, 2.75) is 70.5 Å². The van der Waals surface area contributed by atoms with Gasteiger partial charge in [-0.2, -0.15) is 37.9 Å². The lowest BCUT2D eigenvalue weighted by Gasteiger charge is -2.57. The Hall–Kier alpha value is 0.0500. The minimum Gasteiger partial charge on any atom is -0.390 e. The molecule has 0 saturated heterocycles. The van der Waals surface area contributed by atoms with Crippen molar-refractivity contribution in [3.63, 3.8) is 0 Å². The van der Waals surface area contributed by atoms with Crippen LogP contribution in [0.15, 0.2) is 11.6 Å². The van der Waals surface area contributed by atoms with E-state index < -0.39 is 12.2 Å². The van der Waals surface area contributed by atoms with Crippen molar-refractivity contribution in [2.75, 3.05) is 17.3 Å². The molecule has 7 heteroatoms. The molecule has 0 amide bonds. The summed E-state index contributed by atoms with van der Waals surface area (Å²) in [5.74, 6) is 4.13. The van der Waals surface area contributed by atoms with Crippen LogP contribution in [0.25, 0.3) is 0 Å². The molecule has 0 bridgehead atoms.